The number of carbonyl (C=O) groups excluding carboxylic acids is 1. The molecule has 0 atom stereocenters. The van der Waals surface area contributed by atoms with Gasteiger partial charge in [0.1, 0.15) is 10.6 Å². The van der Waals surface area contributed by atoms with Crippen LogP contribution in [0.4, 0.5) is 11.4 Å². The second kappa shape index (κ2) is 7.29. The second-order valence-electron chi connectivity index (χ2n) is 4.44. The maximum absolute atomic E-state index is 11.9. The molecule has 1 amide bonds. The van der Waals surface area contributed by atoms with Gasteiger partial charge >= 0.3 is 0 Å². The third kappa shape index (κ3) is 3.90. The lowest BCUT2D eigenvalue weighted by Gasteiger charge is -2.01. The number of carbonyl (C=O) groups is 1. The number of nitrogens with one attached hydrogen (secondary N) is 1. The van der Waals surface area contributed by atoms with Crippen molar-refractivity contribution < 1.29 is 14.6 Å². The van der Waals surface area contributed by atoms with E-state index in [1.165, 1.54) is 42.5 Å². The second-order valence-corrected chi connectivity index (χ2v) is 4.85. The lowest BCUT2D eigenvalue weighted by atomic mass is 10.2. The molecule has 2 rings (SSSR count). The smallest absolute Gasteiger partial charge is 0.267 e. The van der Waals surface area contributed by atoms with Crippen LogP contribution >= 0.6 is 11.6 Å². The van der Waals surface area contributed by atoms with Gasteiger partial charge in [-0.25, -0.2) is 5.43 Å². The normalized spacial score (nSPS) is 10.5. The molecule has 2 aromatic rings. The zero-order valence-corrected chi connectivity index (χ0v) is 12.6. The number of nitro groups is 2. The summed E-state index contributed by atoms with van der Waals surface area (Å²) >= 11 is 5.68. The highest BCUT2D eigenvalue weighted by Crippen LogP contribution is 2.24. The Balaban J connectivity index is 2.15. The molecule has 24 heavy (non-hydrogen) atoms. The number of amides is 1. The van der Waals surface area contributed by atoms with Crippen molar-refractivity contribution in [2.75, 3.05) is 0 Å². The van der Waals surface area contributed by atoms with E-state index in [1.807, 2.05) is 0 Å². The summed E-state index contributed by atoms with van der Waals surface area (Å²) in [5.41, 5.74) is 1.65. The van der Waals surface area contributed by atoms with Crippen molar-refractivity contribution in [2.24, 2.45) is 5.10 Å². The van der Waals surface area contributed by atoms with Crippen LogP contribution in [0.1, 0.15) is 15.9 Å². The van der Waals surface area contributed by atoms with Crippen molar-refractivity contribution in [3.63, 3.8) is 0 Å². The number of nitro benzene ring substituents is 2. The Kier molecular flexibility index (Phi) is 5.17. The number of benzene rings is 2. The summed E-state index contributed by atoms with van der Waals surface area (Å²) in [6.07, 6.45) is 1.16. The van der Waals surface area contributed by atoms with Crippen LogP contribution in [0.2, 0.25) is 5.02 Å². The highest BCUT2D eigenvalue weighted by atomic mass is 35.5. The summed E-state index contributed by atoms with van der Waals surface area (Å²) in [6, 6.07) is 9.38. The van der Waals surface area contributed by atoms with Crippen molar-refractivity contribution in [1.82, 2.24) is 5.43 Å². The van der Waals surface area contributed by atoms with E-state index in [1.54, 1.807) is 0 Å². The molecule has 0 aromatic heterocycles. The van der Waals surface area contributed by atoms with Crippen LogP contribution in [0.15, 0.2) is 47.6 Å². The molecule has 9 nitrogen and oxygen atoms in total. The van der Waals surface area contributed by atoms with Crippen molar-refractivity contribution in [1.29, 1.82) is 0 Å². The number of hydrogen-bond acceptors (Lipinski definition) is 6. The van der Waals surface area contributed by atoms with E-state index in [0.717, 1.165) is 6.21 Å². The Morgan fingerprint density at radius 1 is 1.08 bits per heavy atom. The minimum absolute atomic E-state index is 0.0268. The van der Waals surface area contributed by atoms with E-state index in [9.17, 15) is 25.0 Å². The van der Waals surface area contributed by atoms with Gasteiger partial charge in [0.2, 0.25) is 0 Å². The highest BCUT2D eigenvalue weighted by Gasteiger charge is 2.18. The van der Waals surface area contributed by atoms with Crippen LogP contribution in [0, 0.1) is 20.2 Å². The molecule has 0 saturated carbocycles. The first-order chi connectivity index (χ1) is 11.4. The van der Waals surface area contributed by atoms with E-state index in [-0.39, 0.29) is 22.0 Å². The maximum atomic E-state index is 11.9. The van der Waals surface area contributed by atoms with Crippen molar-refractivity contribution in [2.45, 2.75) is 0 Å². The van der Waals surface area contributed by atoms with Gasteiger partial charge in [-0.05, 0) is 12.1 Å². The van der Waals surface area contributed by atoms with Gasteiger partial charge in [0, 0.05) is 17.7 Å². The van der Waals surface area contributed by atoms with Crippen molar-refractivity contribution >= 4 is 35.1 Å². The van der Waals surface area contributed by atoms with Gasteiger partial charge in [0.25, 0.3) is 17.3 Å². The topological polar surface area (TPSA) is 128 Å². The molecule has 0 spiro atoms. The van der Waals surface area contributed by atoms with Gasteiger partial charge < -0.3 is 0 Å². The van der Waals surface area contributed by atoms with Gasteiger partial charge in [0.15, 0.2) is 0 Å². The largest absolute Gasteiger partial charge is 0.288 e. The molecule has 0 fully saturated rings. The molecule has 0 aliphatic heterocycles. The number of rotatable bonds is 5. The predicted molar refractivity (Wildman–Crippen MR) is 86.3 cm³/mol. The number of nitrogens with zero attached hydrogens (tertiary/aromatic N) is 3. The quantitative estimate of drug-likeness (QED) is 0.504. The Morgan fingerprint density at radius 2 is 1.75 bits per heavy atom. The van der Waals surface area contributed by atoms with Crippen LogP contribution in [0.3, 0.4) is 0 Å². The SMILES string of the molecule is O=C(N/N=C\c1ccc(Cl)c([N+](=O)[O-])c1)c1ccccc1[N+](=O)[O-]. The van der Waals surface area contributed by atoms with E-state index < -0.39 is 15.8 Å². The highest BCUT2D eigenvalue weighted by molar-refractivity contribution is 6.32. The minimum atomic E-state index is -0.776. The van der Waals surface area contributed by atoms with Gasteiger partial charge in [-0.2, -0.15) is 5.10 Å². The molecule has 0 bridgehead atoms. The van der Waals surface area contributed by atoms with Crippen molar-refractivity contribution in [3.8, 4) is 0 Å². The third-order valence-corrected chi connectivity index (χ3v) is 3.21. The molecule has 0 saturated heterocycles. The molecule has 0 heterocycles. The Bertz CT molecular complexity index is 853. The first-order valence-electron chi connectivity index (χ1n) is 6.41. The predicted octanol–water partition coefficient (Wildman–Crippen LogP) is 2.92. The number of hydrazone groups is 1. The van der Waals surface area contributed by atoms with E-state index in [4.69, 9.17) is 11.6 Å². The first kappa shape index (κ1) is 17.0. The molecular formula is C14H9ClN4O5. The van der Waals surface area contributed by atoms with Crippen molar-refractivity contribution in [3.05, 3.63) is 78.8 Å². The molecule has 0 radical (unpaired) electrons. The monoisotopic (exact) mass is 348 g/mol. The van der Waals surface area contributed by atoms with Gasteiger partial charge in [-0.1, -0.05) is 29.8 Å². The zero-order chi connectivity index (χ0) is 17.7. The number of para-hydroxylation sites is 1. The lowest BCUT2D eigenvalue weighted by molar-refractivity contribution is -0.385. The fourth-order valence-corrected chi connectivity index (χ4v) is 1.99. The zero-order valence-electron chi connectivity index (χ0n) is 11.9. The van der Waals surface area contributed by atoms with Crippen LogP contribution in [-0.2, 0) is 0 Å². The number of halogens is 1. The molecule has 0 unspecified atom stereocenters. The Morgan fingerprint density at radius 3 is 2.42 bits per heavy atom. The first-order valence-corrected chi connectivity index (χ1v) is 6.78. The summed E-state index contributed by atoms with van der Waals surface area (Å²) in [5, 5.41) is 25.3. The summed E-state index contributed by atoms with van der Waals surface area (Å²) < 4.78 is 0. The molecular weight excluding hydrogens is 340 g/mol. The van der Waals surface area contributed by atoms with Crippen LogP contribution in [0.25, 0.3) is 0 Å². The maximum Gasteiger partial charge on any atom is 0.288 e. The average molecular weight is 349 g/mol. The molecule has 1 N–H and O–H groups in total. The molecule has 0 aliphatic rings. The molecule has 0 aliphatic carbocycles. The van der Waals surface area contributed by atoms with Gasteiger partial charge in [-0.15, -0.1) is 0 Å². The summed E-state index contributed by atoms with van der Waals surface area (Å²) in [7, 11) is 0. The van der Waals surface area contributed by atoms with Crippen LogP contribution in [0.5, 0.6) is 0 Å². The lowest BCUT2D eigenvalue weighted by Crippen LogP contribution is -2.18. The molecule has 2 aromatic carbocycles. The van der Waals surface area contributed by atoms with Crippen LogP contribution in [-0.4, -0.2) is 22.0 Å². The fourth-order valence-electron chi connectivity index (χ4n) is 1.80. The Hall–Kier alpha value is -3.33. The van der Waals surface area contributed by atoms with Gasteiger partial charge in [-0.3, -0.25) is 25.0 Å². The van der Waals surface area contributed by atoms with Crippen LogP contribution < -0.4 is 5.43 Å². The molecule has 122 valence electrons. The molecule has 10 heteroatoms. The minimum Gasteiger partial charge on any atom is -0.267 e. The third-order valence-electron chi connectivity index (χ3n) is 2.89. The average Bonchev–Trinajstić information content (AvgIpc) is 2.56. The summed E-state index contributed by atoms with van der Waals surface area (Å²) in [4.78, 5) is 32.3. The van der Waals surface area contributed by atoms with E-state index in [2.05, 4.69) is 10.5 Å². The summed E-state index contributed by atoms with van der Waals surface area (Å²) in [6.45, 7) is 0. The summed E-state index contributed by atoms with van der Waals surface area (Å²) in [5.74, 6) is -0.776. The van der Waals surface area contributed by atoms with Gasteiger partial charge in [0.05, 0.1) is 16.1 Å². The Labute approximate surface area is 139 Å². The standard InChI is InChI=1S/C14H9ClN4O5/c15-11-6-5-9(7-13(11)19(23)24)8-16-17-14(20)10-3-1-2-4-12(10)18(21)22/h1-8H,(H,17,20)/b16-8-. The van der Waals surface area contributed by atoms with E-state index >= 15 is 0 Å². The number of hydrogen-bond donors (Lipinski definition) is 1. The van der Waals surface area contributed by atoms with E-state index in [0.29, 0.717) is 5.56 Å². The fraction of sp³-hybridized carbons (Fsp3) is 0.